The molecule has 0 fully saturated rings. The summed E-state index contributed by atoms with van der Waals surface area (Å²) in [5.74, 6) is -0.121. The van der Waals surface area contributed by atoms with Crippen LogP contribution in [0.2, 0.25) is 0 Å². The molecule has 10 heteroatoms. The number of nitrogens with zero attached hydrogens (tertiary/aromatic N) is 5. The van der Waals surface area contributed by atoms with Crippen molar-refractivity contribution in [3.05, 3.63) is 65.5 Å². The Kier molecular flexibility index (Phi) is 5.12. The zero-order valence-corrected chi connectivity index (χ0v) is 17.8. The molecule has 9 nitrogen and oxygen atoms in total. The lowest BCUT2D eigenvalue weighted by atomic mass is 10.2. The average molecular weight is 446 g/mol. The molecule has 5 aromatic rings. The monoisotopic (exact) mass is 446 g/mol. The van der Waals surface area contributed by atoms with E-state index in [0.717, 1.165) is 21.6 Å². The first kappa shape index (κ1) is 19.9. The fourth-order valence-electron chi connectivity index (χ4n) is 3.40. The fraction of sp³-hybridized carbons (Fsp3) is 0.136. The maximum absolute atomic E-state index is 11.3. The van der Waals surface area contributed by atoms with E-state index in [-0.39, 0.29) is 0 Å². The van der Waals surface area contributed by atoms with Crippen molar-refractivity contribution in [2.75, 3.05) is 5.32 Å². The molecule has 0 saturated carbocycles. The van der Waals surface area contributed by atoms with Crippen LogP contribution in [-0.2, 0) is 11.3 Å². The third-order valence-electron chi connectivity index (χ3n) is 4.95. The third kappa shape index (κ3) is 3.83. The number of aliphatic carboxylic acids is 1. The maximum Gasteiger partial charge on any atom is 0.344 e. The minimum absolute atomic E-state index is 0.401. The molecule has 2 N–H and O–H groups in total. The average Bonchev–Trinajstić information content (AvgIpc) is 3.44. The highest BCUT2D eigenvalue weighted by atomic mass is 32.1. The SMILES string of the molecule is C[C@H](Oc1cccc2ncnc(Nc3ccc4c(cnn4Cc4nccs4)c3)c12)C(=O)O. The first-order chi connectivity index (χ1) is 15.6. The molecule has 0 unspecified atom stereocenters. The summed E-state index contributed by atoms with van der Waals surface area (Å²) in [4.78, 5) is 24.2. The van der Waals surface area contributed by atoms with E-state index in [9.17, 15) is 9.90 Å². The lowest BCUT2D eigenvalue weighted by Crippen LogP contribution is -2.23. The Morgan fingerprint density at radius 3 is 2.97 bits per heavy atom. The Hall–Kier alpha value is -4.05. The molecule has 0 amide bonds. The van der Waals surface area contributed by atoms with Crippen LogP contribution in [-0.4, -0.2) is 41.9 Å². The van der Waals surface area contributed by atoms with Crippen LogP contribution >= 0.6 is 11.3 Å². The van der Waals surface area contributed by atoms with Gasteiger partial charge in [0.05, 0.1) is 29.2 Å². The molecule has 1 atom stereocenters. The topological polar surface area (TPSA) is 115 Å². The smallest absolute Gasteiger partial charge is 0.344 e. The quantitative estimate of drug-likeness (QED) is 0.384. The van der Waals surface area contributed by atoms with Crippen molar-refractivity contribution in [2.24, 2.45) is 0 Å². The molecular formula is C22H18N6O3S. The number of carboxylic acids is 1. The van der Waals surface area contributed by atoms with Gasteiger partial charge in [0.15, 0.2) is 6.10 Å². The van der Waals surface area contributed by atoms with Crippen LogP contribution in [0.5, 0.6) is 5.75 Å². The van der Waals surface area contributed by atoms with E-state index in [4.69, 9.17) is 4.74 Å². The minimum atomic E-state index is -1.05. The van der Waals surface area contributed by atoms with Gasteiger partial charge in [-0.05, 0) is 37.3 Å². The number of ether oxygens (including phenoxy) is 1. The number of aromatic nitrogens is 5. The Labute approximate surface area is 186 Å². The van der Waals surface area contributed by atoms with Crippen LogP contribution in [0.3, 0.4) is 0 Å². The Balaban J connectivity index is 1.48. The van der Waals surface area contributed by atoms with Crippen LogP contribution in [0.1, 0.15) is 11.9 Å². The first-order valence-electron chi connectivity index (χ1n) is 9.82. The minimum Gasteiger partial charge on any atom is -0.479 e. The summed E-state index contributed by atoms with van der Waals surface area (Å²) in [5, 5.41) is 21.5. The van der Waals surface area contributed by atoms with E-state index in [1.807, 2.05) is 40.5 Å². The van der Waals surface area contributed by atoms with Crippen molar-refractivity contribution in [3.63, 3.8) is 0 Å². The highest BCUT2D eigenvalue weighted by Gasteiger charge is 2.17. The van der Waals surface area contributed by atoms with E-state index in [1.165, 1.54) is 13.3 Å². The molecule has 3 heterocycles. The van der Waals surface area contributed by atoms with Gasteiger partial charge in [-0.1, -0.05) is 6.07 Å². The Bertz CT molecular complexity index is 1410. The molecule has 0 bridgehead atoms. The lowest BCUT2D eigenvalue weighted by molar-refractivity contribution is -0.144. The van der Waals surface area contributed by atoms with Gasteiger partial charge in [0.2, 0.25) is 0 Å². The van der Waals surface area contributed by atoms with Gasteiger partial charge in [0, 0.05) is 22.7 Å². The van der Waals surface area contributed by atoms with Gasteiger partial charge >= 0.3 is 5.97 Å². The number of hydrogen-bond acceptors (Lipinski definition) is 8. The summed E-state index contributed by atoms with van der Waals surface area (Å²) in [6.07, 6.45) is 4.05. The second-order valence-corrected chi connectivity index (χ2v) is 8.08. The molecular weight excluding hydrogens is 428 g/mol. The molecule has 32 heavy (non-hydrogen) atoms. The maximum atomic E-state index is 11.3. The molecule has 5 rings (SSSR count). The fourth-order valence-corrected chi connectivity index (χ4v) is 4.00. The van der Waals surface area contributed by atoms with Crippen LogP contribution in [0.15, 0.2) is 60.5 Å². The summed E-state index contributed by atoms with van der Waals surface area (Å²) in [5.41, 5.74) is 2.46. The predicted molar refractivity (Wildman–Crippen MR) is 121 cm³/mol. The number of carboxylic acid groups (broad SMARTS) is 1. The second kappa shape index (κ2) is 8.23. The van der Waals surface area contributed by atoms with Crippen molar-refractivity contribution >= 4 is 50.6 Å². The molecule has 0 spiro atoms. The summed E-state index contributed by atoms with van der Waals surface area (Å²) in [6, 6.07) is 11.2. The highest BCUT2D eigenvalue weighted by molar-refractivity contribution is 7.09. The number of rotatable bonds is 7. The van der Waals surface area contributed by atoms with E-state index in [1.54, 1.807) is 29.7 Å². The molecule has 3 aromatic heterocycles. The Morgan fingerprint density at radius 2 is 2.16 bits per heavy atom. The van der Waals surface area contributed by atoms with Crippen molar-refractivity contribution in [2.45, 2.75) is 19.6 Å². The van der Waals surface area contributed by atoms with Crippen LogP contribution in [0, 0.1) is 0 Å². The zero-order valence-electron chi connectivity index (χ0n) is 17.0. The molecule has 2 aromatic carbocycles. The number of carbonyl (C=O) groups is 1. The van der Waals surface area contributed by atoms with Gasteiger partial charge in [0.25, 0.3) is 0 Å². The molecule has 0 aliphatic carbocycles. The number of anilines is 2. The first-order valence-corrected chi connectivity index (χ1v) is 10.7. The lowest BCUT2D eigenvalue weighted by Gasteiger charge is -2.15. The summed E-state index contributed by atoms with van der Waals surface area (Å²) in [7, 11) is 0. The number of fused-ring (bicyclic) bond motifs is 2. The van der Waals surface area contributed by atoms with Gasteiger partial charge in [-0.2, -0.15) is 5.10 Å². The number of nitrogens with one attached hydrogen (secondary N) is 1. The van der Waals surface area contributed by atoms with E-state index >= 15 is 0 Å². The summed E-state index contributed by atoms with van der Waals surface area (Å²) < 4.78 is 7.57. The van der Waals surface area contributed by atoms with E-state index < -0.39 is 12.1 Å². The largest absolute Gasteiger partial charge is 0.479 e. The molecule has 0 radical (unpaired) electrons. The van der Waals surface area contributed by atoms with E-state index in [2.05, 4.69) is 25.4 Å². The normalized spacial score (nSPS) is 12.2. The van der Waals surface area contributed by atoms with E-state index in [0.29, 0.717) is 29.0 Å². The number of hydrogen-bond donors (Lipinski definition) is 2. The standard InChI is InChI=1S/C22H18N6O3S/c1-13(22(29)30)31-18-4-2-3-16-20(18)21(25-12-24-16)27-15-5-6-17-14(9-15)10-26-28(17)11-19-23-7-8-32-19/h2-10,12-13H,11H2,1H3,(H,29,30)(H,24,25,27)/t13-/m0/s1. The van der Waals surface area contributed by atoms with Crippen molar-refractivity contribution in [1.29, 1.82) is 0 Å². The van der Waals surface area contributed by atoms with Crippen molar-refractivity contribution < 1.29 is 14.6 Å². The van der Waals surface area contributed by atoms with Crippen LogP contribution in [0.25, 0.3) is 21.8 Å². The Morgan fingerprint density at radius 1 is 1.25 bits per heavy atom. The van der Waals surface area contributed by atoms with Gasteiger partial charge in [-0.15, -0.1) is 11.3 Å². The van der Waals surface area contributed by atoms with Gasteiger partial charge in [-0.25, -0.2) is 19.7 Å². The van der Waals surface area contributed by atoms with Gasteiger partial charge in [0.1, 0.15) is 22.9 Å². The number of thiazole rings is 1. The zero-order chi connectivity index (χ0) is 22.1. The van der Waals surface area contributed by atoms with Crippen molar-refractivity contribution in [1.82, 2.24) is 24.7 Å². The third-order valence-corrected chi connectivity index (χ3v) is 5.71. The van der Waals surface area contributed by atoms with Gasteiger partial charge in [-0.3, -0.25) is 4.68 Å². The second-order valence-electron chi connectivity index (χ2n) is 7.10. The number of benzene rings is 2. The molecule has 0 aliphatic rings. The predicted octanol–water partition coefficient (Wildman–Crippen LogP) is 4.08. The van der Waals surface area contributed by atoms with Gasteiger partial charge < -0.3 is 15.2 Å². The van der Waals surface area contributed by atoms with Crippen molar-refractivity contribution in [3.8, 4) is 5.75 Å². The van der Waals surface area contributed by atoms with Crippen LogP contribution in [0.4, 0.5) is 11.5 Å². The molecule has 0 saturated heterocycles. The molecule has 160 valence electrons. The summed E-state index contributed by atoms with van der Waals surface area (Å²) >= 11 is 1.60. The van der Waals surface area contributed by atoms with Crippen LogP contribution < -0.4 is 10.1 Å². The molecule has 0 aliphatic heterocycles. The highest BCUT2D eigenvalue weighted by Crippen LogP contribution is 2.32. The summed E-state index contributed by atoms with van der Waals surface area (Å²) in [6.45, 7) is 2.10.